The normalized spacial score (nSPS) is 10.9. The summed E-state index contributed by atoms with van der Waals surface area (Å²) in [6, 6.07) is 14.1. The molecule has 3 rings (SSSR count). The quantitative estimate of drug-likeness (QED) is 0.722. The van der Waals surface area contributed by atoms with Crippen LogP contribution in [-0.2, 0) is 29.2 Å². The Labute approximate surface area is 155 Å². The summed E-state index contributed by atoms with van der Waals surface area (Å²) in [6.45, 7) is 2.13. The zero-order chi connectivity index (χ0) is 19.4. The van der Waals surface area contributed by atoms with E-state index in [1.807, 2.05) is 18.2 Å². The first kappa shape index (κ1) is 18.6. The lowest BCUT2D eigenvalue weighted by Gasteiger charge is -2.14. The van der Waals surface area contributed by atoms with Gasteiger partial charge >= 0.3 is 5.69 Å². The van der Waals surface area contributed by atoms with Gasteiger partial charge in [-0.1, -0.05) is 30.3 Å². The van der Waals surface area contributed by atoms with Gasteiger partial charge in [-0.05, 0) is 25.1 Å². The third-order valence-electron chi connectivity index (χ3n) is 4.34. The minimum atomic E-state index is -0.499. The number of rotatable bonds is 6. The average Bonchev–Trinajstić information content (AvgIpc) is 2.67. The molecule has 1 heterocycles. The molecule has 0 unspecified atom stereocenters. The number of benzene rings is 2. The molecule has 7 heteroatoms. The predicted molar refractivity (Wildman–Crippen MR) is 104 cm³/mol. The molecule has 0 aliphatic heterocycles. The third kappa shape index (κ3) is 3.68. The van der Waals surface area contributed by atoms with Crippen molar-refractivity contribution in [3.8, 4) is 0 Å². The van der Waals surface area contributed by atoms with Crippen LogP contribution < -0.4 is 16.6 Å². The van der Waals surface area contributed by atoms with Crippen LogP contribution in [0, 0.1) is 0 Å². The molecule has 0 fully saturated rings. The SMILES string of the molecule is CCn1c(=O)c2ccccc2n(CC(=O)Nc2ccccc2COC)c1=O. The van der Waals surface area contributed by atoms with Crippen molar-refractivity contribution in [3.05, 3.63) is 74.9 Å². The summed E-state index contributed by atoms with van der Waals surface area (Å²) >= 11 is 0. The van der Waals surface area contributed by atoms with E-state index < -0.39 is 5.69 Å². The Hall–Kier alpha value is -3.19. The molecule has 27 heavy (non-hydrogen) atoms. The summed E-state index contributed by atoms with van der Waals surface area (Å²) in [5, 5.41) is 3.23. The lowest BCUT2D eigenvalue weighted by Crippen LogP contribution is -2.41. The Morgan fingerprint density at radius 3 is 2.48 bits per heavy atom. The fourth-order valence-electron chi connectivity index (χ4n) is 3.06. The van der Waals surface area contributed by atoms with Gasteiger partial charge in [-0.3, -0.25) is 18.7 Å². The van der Waals surface area contributed by atoms with E-state index >= 15 is 0 Å². The molecule has 1 amide bonds. The van der Waals surface area contributed by atoms with Gasteiger partial charge in [0.25, 0.3) is 5.56 Å². The fraction of sp³-hybridized carbons (Fsp3) is 0.250. The van der Waals surface area contributed by atoms with Crippen LogP contribution in [0.5, 0.6) is 0 Å². The van der Waals surface area contributed by atoms with Crippen molar-refractivity contribution in [3.63, 3.8) is 0 Å². The highest BCUT2D eigenvalue weighted by Crippen LogP contribution is 2.16. The van der Waals surface area contributed by atoms with Gasteiger partial charge in [-0.25, -0.2) is 4.79 Å². The molecule has 3 aromatic rings. The Morgan fingerprint density at radius 1 is 1.04 bits per heavy atom. The van der Waals surface area contributed by atoms with Gasteiger partial charge in [-0.2, -0.15) is 0 Å². The number of methoxy groups -OCH3 is 1. The molecular weight excluding hydrogens is 346 g/mol. The summed E-state index contributed by atoms with van der Waals surface area (Å²) in [5.41, 5.74) is 1.06. The van der Waals surface area contributed by atoms with E-state index in [-0.39, 0.29) is 24.6 Å². The Balaban J connectivity index is 1.99. The summed E-state index contributed by atoms with van der Waals surface area (Å²) in [6.07, 6.45) is 0. The molecule has 1 aromatic heterocycles. The van der Waals surface area contributed by atoms with Crippen molar-refractivity contribution in [1.82, 2.24) is 9.13 Å². The smallest absolute Gasteiger partial charge is 0.331 e. The van der Waals surface area contributed by atoms with Crippen LogP contribution in [0.3, 0.4) is 0 Å². The van der Waals surface area contributed by atoms with Gasteiger partial charge in [0.05, 0.1) is 17.5 Å². The van der Waals surface area contributed by atoms with Crippen LogP contribution in [0.25, 0.3) is 10.9 Å². The van der Waals surface area contributed by atoms with E-state index in [1.165, 1.54) is 4.57 Å². The lowest BCUT2D eigenvalue weighted by atomic mass is 10.2. The number of amides is 1. The van der Waals surface area contributed by atoms with Crippen molar-refractivity contribution >= 4 is 22.5 Å². The predicted octanol–water partition coefficient (Wildman–Crippen LogP) is 1.97. The first-order valence-electron chi connectivity index (χ1n) is 8.66. The molecule has 0 atom stereocenters. The highest BCUT2D eigenvalue weighted by atomic mass is 16.5. The molecule has 0 saturated heterocycles. The Bertz CT molecular complexity index is 1100. The van der Waals surface area contributed by atoms with Crippen LogP contribution in [0.2, 0.25) is 0 Å². The molecule has 2 aromatic carbocycles. The molecule has 1 N–H and O–H groups in total. The number of anilines is 1. The van der Waals surface area contributed by atoms with Crippen LogP contribution in [0.4, 0.5) is 5.69 Å². The van der Waals surface area contributed by atoms with Crippen LogP contribution >= 0.6 is 0 Å². The van der Waals surface area contributed by atoms with Crippen LogP contribution in [0.15, 0.2) is 58.1 Å². The molecule has 0 aliphatic carbocycles. The summed E-state index contributed by atoms with van der Waals surface area (Å²) < 4.78 is 7.61. The number of nitrogens with zero attached hydrogens (tertiary/aromatic N) is 2. The van der Waals surface area contributed by atoms with E-state index in [1.54, 1.807) is 44.4 Å². The largest absolute Gasteiger partial charge is 0.380 e. The number of ether oxygens (including phenoxy) is 1. The van der Waals surface area contributed by atoms with E-state index in [9.17, 15) is 14.4 Å². The van der Waals surface area contributed by atoms with Gasteiger partial charge in [0.2, 0.25) is 5.91 Å². The molecule has 7 nitrogen and oxygen atoms in total. The number of fused-ring (bicyclic) bond motifs is 1. The minimum absolute atomic E-state index is 0.194. The first-order valence-corrected chi connectivity index (χ1v) is 8.66. The van der Waals surface area contributed by atoms with Crippen molar-refractivity contribution in [2.75, 3.05) is 12.4 Å². The van der Waals surface area contributed by atoms with E-state index in [2.05, 4.69) is 5.32 Å². The second-order valence-corrected chi connectivity index (χ2v) is 6.07. The van der Waals surface area contributed by atoms with Crippen molar-refractivity contribution in [1.29, 1.82) is 0 Å². The second-order valence-electron chi connectivity index (χ2n) is 6.07. The maximum Gasteiger partial charge on any atom is 0.331 e. The zero-order valence-corrected chi connectivity index (χ0v) is 15.3. The maximum absolute atomic E-state index is 12.7. The minimum Gasteiger partial charge on any atom is -0.380 e. The van der Waals surface area contributed by atoms with Gasteiger partial charge in [0.15, 0.2) is 0 Å². The molecule has 0 spiro atoms. The molecule has 140 valence electrons. The van der Waals surface area contributed by atoms with Crippen molar-refractivity contribution in [2.24, 2.45) is 0 Å². The highest BCUT2D eigenvalue weighted by molar-refractivity contribution is 5.92. The second kappa shape index (κ2) is 8.01. The molecule has 0 bridgehead atoms. The van der Waals surface area contributed by atoms with Crippen molar-refractivity contribution < 1.29 is 9.53 Å². The monoisotopic (exact) mass is 367 g/mol. The first-order chi connectivity index (χ1) is 13.1. The number of hydrogen-bond acceptors (Lipinski definition) is 4. The van der Waals surface area contributed by atoms with E-state index in [0.717, 1.165) is 10.1 Å². The van der Waals surface area contributed by atoms with Gasteiger partial charge in [-0.15, -0.1) is 0 Å². The van der Waals surface area contributed by atoms with E-state index in [4.69, 9.17) is 4.74 Å². The number of nitrogens with one attached hydrogen (secondary N) is 1. The molecule has 0 saturated carbocycles. The van der Waals surface area contributed by atoms with Crippen molar-refractivity contribution in [2.45, 2.75) is 26.6 Å². The fourth-order valence-corrected chi connectivity index (χ4v) is 3.06. The Morgan fingerprint density at radius 2 is 1.74 bits per heavy atom. The summed E-state index contributed by atoms with van der Waals surface area (Å²) in [4.78, 5) is 37.8. The Kier molecular flexibility index (Phi) is 5.52. The number of carbonyl (C=O) groups is 1. The number of carbonyl (C=O) groups excluding carboxylic acids is 1. The summed E-state index contributed by atoms with van der Waals surface area (Å²) in [5.74, 6) is -0.355. The zero-order valence-electron chi connectivity index (χ0n) is 15.3. The lowest BCUT2D eigenvalue weighted by molar-refractivity contribution is -0.116. The molecule has 0 radical (unpaired) electrons. The van der Waals surface area contributed by atoms with Crippen LogP contribution in [-0.4, -0.2) is 22.2 Å². The van der Waals surface area contributed by atoms with Gasteiger partial charge < -0.3 is 10.1 Å². The number of aromatic nitrogens is 2. The molecule has 0 aliphatic rings. The number of hydrogen-bond donors (Lipinski definition) is 1. The topological polar surface area (TPSA) is 82.3 Å². The van der Waals surface area contributed by atoms with E-state index in [0.29, 0.717) is 23.2 Å². The average molecular weight is 367 g/mol. The van der Waals surface area contributed by atoms with Crippen LogP contribution in [0.1, 0.15) is 12.5 Å². The standard InChI is InChI=1S/C20H21N3O4/c1-3-22-19(25)15-9-5-7-11-17(15)23(20(22)26)12-18(24)21-16-10-6-4-8-14(16)13-27-2/h4-11H,3,12-13H2,1-2H3,(H,21,24). The summed E-state index contributed by atoms with van der Waals surface area (Å²) in [7, 11) is 1.58. The molecular formula is C20H21N3O4. The maximum atomic E-state index is 12.7. The van der Waals surface area contributed by atoms with Gasteiger partial charge in [0.1, 0.15) is 6.54 Å². The third-order valence-corrected chi connectivity index (χ3v) is 4.34. The number of para-hydroxylation sites is 2. The van der Waals surface area contributed by atoms with Gasteiger partial charge in [0, 0.05) is 24.9 Å². The highest BCUT2D eigenvalue weighted by Gasteiger charge is 2.15.